The van der Waals surface area contributed by atoms with Crippen molar-refractivity contribution in [2.75, 3.05) is 46.7 Å². The number of fused-ring (bicyclic) bond motifs is 1. The highest BCUT2D eigenvalue weighted by Gasteiger charge is 2.65. The predicted molar refractivity (Wildman–Crippen MR) is 129 cm³/mol. The van der Waals surface area contributed by atoms with Crippen molar-refractivity contribution in [1.82, 2.24) is 24.3 Å². The monoisotopic (exact) mass is 466 g/mol. The van der Waals surface area contributed by atoms with Gasteiger partial charge in [0.2, 0.25) is 5.95 Å². The number of aromatic nitrogens is 3. The van der Waals surface area contributed by atoms with Gasteiger partial charge < -0.3 is 24.4 Å². The molecule has 0 spiro atoms. The fourth-order valence-corrected chi connectivity index (χ4v) is 5.13. The average Bonchev–Trinajstić information content (AvgIpc) is 3.12. The quantitative estimate of drug-likeness (QED) is 0.546. The van der Waals surface area contributed by atoms with Gasteiger partial charge in [-0.1, -0.05) is 6.92 Å². The number of likely N-dealkylation sites (N-methyl/N-ethyl adjacent to an activating group) is 1. The van der Waals surface area contributed by atoms with Crippen molar-refractivity contribution in [1.29, 1.82) is 0 Å². The molecule has 1 N–H and O–H groups in total. The van der Waals surface area contributed by atoms with Crippen LogP contribution in [-0.2, 0) is 5.54 Å². The lowest BCUT2D eigenvalue weighted by Gasteiger charge is -2.68. The van der Waals surface area contributed by atoms with E-state index in [9.17, 15) is 9.18 Å². The van der Waals surface area contributed by atoms with Crippen LogP contribution >= 0.6 is 0 Å². The number of hydrogen-bond acceptors (Lipinski definition) is 6. The van der Waals surface area contributed by atoms with E-state index in [0.29, 0.717) is 36.4 Å². The van der Waals surface area contributed by atoms with E-state index in [0.717, 1.165) is 29.8 Å². The molecule has 2 heterocycles. The third-order valence-electron chi connectivity index (χ3n) is 7.38. The fourth-order valence-electron chi connectivity index (χ4n) is 5.13. The van der Waals surface area contributed by atoms with Gasteiger partial charge in [-0.2, -0.15) is 4.98 Å². The number of nitrogens with one attached hydrogen (secondary N) is 1. The molecule has 2 bridgehead atoms. The maximum absolute atomic E-state index is 14.6. The summed E-state index contributed by atoms with van der Waals surface area (Å²) in [5.41, 5.74) is 1.84. The summed E-state index contributed by atoms with van der Waals surface area (Å²) in [4.78, 5) is 25.8. The lowest BCUT2D eigenvalue weighted by atomic mass is 9.42. The molecule has 0 radical (unpaired) electrons. The Kier molecular flexibility index (Phi) is 5.47. The van der Waals surface area contributed by atoms with Gasteiger partial charge in [-0.05, 0) is 57.0 Å². The molecule has 6 rings (SSSR count). The number of rotatable bonds is 8. The van der Waals surface area contributed by atoms with Crippen LogP contribution in [0.25, 0.3) is 11.0 Å². The number of amides is 1. The molecule has 0 saturated heterocycles. The first-order valence-corrected chi connectivity index (χ1v) is 11.6. The van der Waals surface area contributed by atoms with Crippen molar-refractivity contribution in [3.63, 3.8) is 0 Å². The molecule has 3 aromatic rings. The Hall–Kier alpha value is -3.20. The predicted octanol–water partition coefficient (Wildman–Crippen LogP) is 3.71. The van der Waals surface area contributed by atoms with Crippen molar-refractivity contribution >= 4 is 28.6 Å². The smallest absolute Gasteiger partial charge is 0.270 e. The van der Waals surface area contributed by atoms with E-state index < -0.39 is 5.82 Å². The number of hydrogen-bond donors (Lipinski definition) is 1. The van der Waals surface area contributed by atoms with Crippen LogP contribution in [0, 0.1) is 17.7 Å². The number of anilines is 2. The van der Waals surface area contributed by atoms with E-state index in [1.807, 2.05) is 25.1 Å². The van der Waals surface area contributed by atoms with Crippen LogP contribution < -0.4 is 10.1 Å². The first kappa shape index (κ1) is 22.6. The van der Waals surface area contributed by atoms with Gasteiger partial charge in [-0.25, -0.2) is 9.37 Å². The molecule has 3 aliphatic carbocycles. The maximum atomic E-state index is 14.6. The molecule has 9 heteroatoms. The van der Waals surface area contributed by atoms with Gasteiger partial charge in [-0.3, -0.25) is 4.79 Å². The number of carbonyl (C=O) groups is 1. The largest absolute Gasteiger partial charge is 0.489 e. The number of halogens is 1. The number of carbonyl (C=O) groups excluding carboxylic acids is 1. The molecule has 1 amide bonds. The van der Waals surface area contributed by atoms with E-state index >= 15 is 0 Å². The van der Waals surface area contributed by atoms with E-state index in [1.165, 1.54) is 6.07 Å². The minimum Gasteiger partial charge on any atom is -0.489 e. The molecule has 1 aromatic carbocycles. The zero-order valence-electron chi connectivity index (χ0n) is 20.3. The van der Waals surface area contributed by atoms with Crippen LogP contribution in [0.2, 0.25) is 0 Å². The molecule has 3 aliphatic rings. The van der Waals surface area contributed by atoms with Crippen molar-refractivity contribution in [3.8, 4) is 5.75 Å². The summed E-state index contributed by atoms with van der Waals surface area (Å²) in [5, 5.41) is 3.93. The molecule has 0 unspecified atom stereocenters. The van der Waals surface area contributed by atoms with Crippen LogP contribution in [0.3, 0.4) is 0 Å². The standard InChI is InChI=1S/C25H31FN6O2/c1-15-17-12-25(15,13-17)32-20(23(33)31(4)5)10-16-14-27-24(29-22(16)32)28-18-6-7-21(19(26)11-18)34-9-8-30(2)3/h6-7,10-11,14-15,17H,8-9,12-13H2,1-5H3,(H,27,28,29)/t15-,17?,25?/m1/s1. The summed E-state index contributed by atoms with van der Waals surface area (Å²) in [6.45, 7) is 3.35. The van der Waals surface area contributed by atoms with Crippen molar-refractivity contribution in [2.24, 2.45) is 11.8 Å². The molecule has 3 fully saturated rings. The highest BCUT2D eigenvalue weighted by molar-refractivity contribution is 5.98. The highest BCUT2D eigenvalue weighted by Crippen LogP contribution is 2.67. The SMILES string of the molecule is C[C@@H]1C2CC1(n1c(C(=O)N(C)C)cc3cnc(Nc4ccc(OCCN(C)C)c(F)c4)nc31)C2. The zero-order valence-corrected chi connectivity index (χ0v) is 20.3. The Morgan fingerprint density at radius 3 is 2.62 bits per heavy atom. The van der Waals surface area contributed by atoms with Crippen molar-refractivity contribution in [2.45, 2.75) is 25.3 Å². The molecule has 2 aromatic heterocycles. The first-order chi connectivity index (χ1) is 16.2. The van der Waals surface area contributed by atoms with E-state index in [1.54, 1.807) is 37.3 Å². The summed E-state index contributed by atoms with van der Waals surface area (Å²) in [6.07, 6.45) is 3.86. The molecule has 0 aliphatic heterocycles. The molecular formula is C25H31FN6O2. The highest BCUT2D eigenvalue weighted by atomic mass is 19.1. The number of nitrogens with zero attached hydrogens (tertiary/aromatic N) is 5. The second-order valence-electron chi connectivity index (χ2n) is 10.0. The second-order valence-corrected chi connectivity index (χ2v) is 10.0. The molecule has 180 valence electrons. The van der Waals surface area contributed by atoms with Gasteiger partial charge in [0, 0.05) is 44.0 Å². The van der Waals surface area contributed by atoms with Gasteiger partial charge >= 0.3 is 0 Å². The number of benzene rings is 1. The summed E-state index contributed by atoms with van der Waals surface area (Å²) < 4.78 is 22.2. The molecular weight excluding hydrogens is 435 g/mol. The van der Waals surface area contributed by atoms with Crippen molar-refractivity contribution in [3.05, 3.63) is 42.0 Å². The van der Waals surface area contributed by atoms with E-state index in [2.05, 4.69) is 21.8 Å². The molecule has 8 nitrogen and oxygen atoms in total. The first-order valence-electron chi connectivity index (χ1n) is 11.6. The Labute approximate surface area is 198 Å². The average molecular weight is 467 g/mol. The zero-order chi connectivity index (χ0) is 24.2. The molecule has 1 atom stereocenters. The van der Waals surface area contributed by atoms with E-state index in [4.69, 9.17) is 9.72 Å². The normalized spacial score (nSPS) is 22.9. The van der Waals surface area contributed by atoms with Crippen LogP contribution in [0.5, 0.6) is 5.75 Å². The lowest BCUT2D eigenvalue weighted by Crippen LogP contribution is -2.67. The topological polar surface area (TPSA) is 75.5 Å². The Balaban J connectivity index is 1.44. The van der Waals surface area contributed by atoms with Crippen LogP contribution in [0.15, 0.2) is 30.5 Å². The number of ether oxygens (including phenoxy) is 1. The molecule has 34 heavy (non-hydrogen) atoms. The van der Waals surface area contributed by atoms with Crippen LogP contribution in [0.1, 0.15) is 30.3 Å². The van der Waals surface area contributed by atoms with Gasteiger partial charge in [0.25, 0.3) is 5.91 Å². The minimum atomic E-state index is -0.449. The Morgan fingerprint density at radius 1 is 1.26 bits per heavy atom. The maximum Gasteiger partial charge on any atom is 0.270 e. The third kappa shape index (κ3) is 3.58. The minimum absolute atomic E-state index is 0.0450. The van der Waals surface area contributed by atoms with Crippen LogP contribution in [-0.4, -0.2) is 71.6 Å². The molecule has 3 saturated carbocycles. The van der Waals surface area contributed by atoms with Gasteiger partial charge in [0.05, 0.1) is 5.54 Å². The van der Waals surface area contributed by atoms with Gasteiger partial charge in [0.15, 0.2) is 11.6 Å². The van der Waals surface area contributed by atoms with Gasteiger partial charge in [-0.15, -0.1) is 0 Å². The van der Waals surface area contributed by atoms with Crippen LogP contribution in [0.4, 0.5) is 16.0 Å². The summed E-state index contributed by atoms with van der Waals surface area (Å²) in [5.74, 6) is 1.31. The summed E-state index contributed by atoms with van der Waals surface area (Å²) in [6, 6.07) is 6.60. The lowest BCUT2D eigenvalue weighted by molar-refractivity contribution is -0.160. The van der Waals surface area contributed by atoms with E-state index in [-0.39, 0.29) is 17.2 Å². The van der Waals surface area contributed by atoms with Crippen molar-refractivity contribution < 1.29 is 13.9 Å². The Bertz CT molecular complexity index is 1250. The second kappa shape index (κ2) is 8.23. The summed E-state index contributed by atoms with van der Waals surface area (Å²) >= 11 is 0. The van der Waals surface area contributed by atoms with Gasteiger partial charge in [0.1, 0.15) is 17.9 Å². The third-order valence-corrected chi connectivity index (χ3v) is 7.38. The summed E-state index contributed by atoms with van der Waals surface area (Å²) in [7, 11) is 7.40. The fraction of sp³-hybridized carbons (Fsp3) is 0.480. The Morgan fingerprint density at radius 2 is 2.03 bits per heavy atom.